The zero-order chi connectivity index (χ0) is 20.4. The molecule has 1 aromatic carbocycles. The van der Waals surface area contributed by atoms with Crippen LogP contribution in [0.2, 0.25) is 0 Å². The standard InChI is InChI=1S/C19H28N2O5S2/c1-27(23,24)17-10-5-11-18(13-17)28(25,26)21-12-6-7-15(14-21)19(22)20-16-8-3-2-4-9-16/h5,10-11,13,15-16H,2-4,6-9,12,14H2,1H3,(H,20,22). The Kier molecular flexibility index (Phi) is 6.46. The molecule has 1 saturated carbocycles. The van der Waals surface area contributed by atoms with E-state index in [1.54, 1.807) is 0 Å². The molecule has 1 saturated heterocycles. The van der Waals surface area contributed by atoms with Gasteiger partial charge in [-0.25, -0.2) is 16.8 Å². The lowest BCUT2D eigenvalue weighted by molar-refractivity contribution is -0.127. The molecule has 1 aromatic rings. The van der Waals surface area contributed by atoms with Gasteiger partial charge < -0.3 is 5.32 Å². The Labute approximate surface area is 167 Å². The highest BCUT2D eigenvalue weighted by atomic mass is 32.2. The lowest BCUT2D eigenvalue weighted by Gasteiger charge is -2.32. The van der Waals surface area contributed by atoms with E-state index in [2.05, 4.69) is 5.32 Å². The molecule has 1 heterocycles. The Balaban J connectivity index is 1.73. The molecule has 28 heavy (non-hydrogen) atoms. The highest BCUT2D eigenvalue weighted by Crippen LogP contribution is 2.26. The van der Waals surface area contributed by atoms with Gasteiger partial charge in [-0.15, -0.1) is 0 Å². The van der Waals surface area contributed by atoms with Crippen LogP contribution >= 0.6 is 0 Å². The summed E-state index contributed by atoms with van der Waals surface area (Å²) in [5.41, 5.74) is 0. The summed E-state index contributed by atoms with van der Waals surface area (Å²) in [5.74, 6) is -0.444. The molecule has 9 heteroatoms. The van der Waals surface area contributed by atoms with Crippen molar-refractivity contribution in [2.24, 2.45) is 5.92 Å². The average molecular weight is 429 g/mol. The molecule has 1 aliphatic heterocycles. The summed E-state index contributed by atoms with van der Waals surface area (Å²) in [5, 5.41) is 3.09. The monoisotopic (exact) mass is 428 g/mol. The van der Waals surface area contributed by atoms with E-state index in [-0.39, 0.29) is 34.2 Å². The third kappa shape index (κ3) is 4.93. The zero-order valence-electron chi connectivity index (χ0n) is 16.1. The summed E-state index contributed by atoms with van der Waals surface area (Å²) in [7, 11) is -7.36. The number of piperidine rings is 1. The van der Waals surface area contributed by atoms with Crippen molar-refractivity contribution in [3.05, 3.63) is 24.3 Å². The topological polar surface area (TPSA) is 101 Å². The minimum Gasteiger partial charge on any atom is -0.353 e. The summed E-state index contributed by atoms with van der Waals surface area (Å²) in [6.45, 7) is 0.461. The number of nitrogens with zero attached hydrogens (tertiary/aromatic N) is 1. The van der Waals surface area contributed by atoms with Crippen molar-refractivity contribution in [1.82, 2.24) is 9.62 Å². The molecular formula is C19H28N2O5S2. The number of carbonyl (C=O) groups excluding carboxylic acids is 1. The van der Waals surface area contributed by atoms with Crippen LogP contribution in [-0.2, 0) is 24.7 Å². The van der Waals surface area contributed by atoms with Crippen molar-refractivity contribution >= 4 is 25.8 Å². The maximum atomic E-state index is 13.0. The minimum absolute atomic E-state index is 0.0304. The van der Waals surface area contributed by atoms with Gasteiger partial charge in [-0.1, -0.05) is 25.3 Å². The second-order valence-corrected chi connectivity index (χ2v) is 11.7. The van der Waals surface area contributed by atoms with Crippen LogP contribution in [0.25, 0.3) is 0 Å². The van der Waals surface area contributed by atoms with E-state index >= 15 is 0 Å². The fourth-order valence-electron chi connectivity index (χ4n) is 3.96. The number of amides is 1. The third-order valence-corrected chi connectivity index (χ3v) is 8.55. The predicted octanol–water partition coefficient (Wildman–Crippen LogP) is 1.94. The Morgan fingerprint density at radius 1 is 1.00 bits per heavy atom. The first kappa shape index (κ1) is 21.3. The van der Waals surface area contributed by atoms with E-state index in [0.29, 0.717) is 19.4 Å². The van der Waals surface area contributed by atoms with Crippen molar-refractivity contribution in [2.45, 2.75) is 60.8 Å². The van der Waals surface area contributed by atoms with Gasteiger partial charge in [0.25, 0.3) is 0 Å². The average Bonchev–Trinajstić information content (AvgIpc) is 2.68. The number of hydrogen-bond donors (Lipinski definition) is 1. The van der Waals surface area contributed by atoms with E-state index in [1.165, 1.54) is 35.0 Å². The molecule has 0 aromatic heterocycles. The van der Waals surface area contributed by atoms with Crippen LogP contribution in [0.15, 0.2) is 34.1 Å². The summed E-state index contributed by atoms with van der Waals surface area (Å²) in [4.78, 5) is 12.6. The molecule has 0 bridgehead atoms. The van der Waals surface area contributed by atoms with Crippen LogP contribution in [0.5, 0.6) is 0 Å². The normalized spacial score (nSPS) is 22.7. The molecule has 7 nitrogen and oxygen atoms in total. The second-order valence-electron chi connectivity index (χ2n) is 7.79. The number of rotatable bonds is 5. The van der Waals surface area contributed by atoms with Gasteiger partial charge in [0.05, 0.1) is 15.7 Å². The van der Waals surface area contributed by atoms with Gasteiger partial charge in [0, 0.05) is 25.4 Å². The Morgan fingerprint density at radius 2 is 1.68 bits per heavy atom. The maximum absolute atomic E-state index is 13.0. The zero-order valence-corrected chi connectivity index (χ0v) is 17.8. The summed E-state index contributed by atoms with van der Waals surface area (Å²) in [6, 6.07) is 5.59. The van der Waals surface area contributed by atoms with Crippen molar-refractivity contribution in [2.75, 3.05) is 19.3 Å². The van der Waals surface area contributed by atoms with E-state index in [0.717, 1.165) is 31.9 Å². The number of sulfone groups is 1. The van der Waals surface area contributed by atoms with Crippen LogP contribution in [0.4, 0.5) is 0 Å². The number of benzene rings is 1. The van der Waals surface area contributed by atoms with Crippen molar-refractivity contribution in [3.8, 4) is 0 Å². The molecule has 2 fully saturated rings. The summed E-state index contributed by atoms with van der Waals surface area (Å²) >= 11 is 0. The predicted molar refractivity (Wildman–Crippen MR) is 106 cm³/mol. The Hall–Kier alpha value is -1.45. The number of nitrogens with one attached hydrogen (secondary N) is 1. The number of hydrogen-bond acceptors (Lipinski definition) is 5. The highest BCUT2D eigenvalue weighted by molar-refractivity contribution is 7.91. The van der Waals surface area contributed by atoms with Gasteiger partial charge in [-0.2, -0.15) is 4.31 Å². The second kappa shape index (κ2) is 8.51. The fraction of sp³-hybridized carbons (Fsp3) is 0.632. The molecule has 3 rings (SSSR count). The molecule has 0 spiro atoms. The fourth-order valence-corrected chi connectivity index (χ4v) is 6.27. The molecular weight excluding hydrogens is 400 g/mol. The molecule has 0 radical (unpaired) electrons. The molecule has 1 aliphatic carbocycles. The third-order valence-electron chi connectivity index (χ3n) is 5.58. The van der Waals surface area contributed by atoms with Gasteiger partial charge in [-0.05, 0) is 43.9 Å². The summed E-state index contributed by atoms with van der Waals surface area (Å²) < 4.78 is 50.9. The van der Waals surface area contributed by atoms with Crippen molar-refractivity contribution < 1.29 is 21.6 Å². The molecule has 156 valence electrons. The van der Waals surface area contributed by atoms with Gasteiger partial charge in [0.1, 0.15) is 0 Å². The van der Waals surface area contributed by atoms with E-state index < -0.39 is 19.9 Å². The lowest BCUT2D eigenvalue weighted by atomic mass is 9.93. The SMILES string of the molecule is CS(=O)(=O)c1cccc(S(=O)(=O)N2CCCC(C(=O)NC3CCCCC3)C2)c1. The van der Waals surface area contributed by atoms with Gasteiger partial charge in [0.15, 0.2) is 9.84 Å². The van der Waals surface area contributed by atoms with Gasteiger partial charge >= 0.3 is 0 Å². The molecule has 1 N–H and O–H groups in total. The van der Waals surface area contributed by atoms with Gasteiger partial charge in [0.2, 0.25) is 15.9 Å². The largest absolute Gasteiger partial charge is 0.353 e. The lowest BCUT2D eigenvalue weighted by Crippen LogP contribution is -2.47. The molecule has 2 aliphatic rings. The first-order valence-corrected chi connectivity index (χ1v) is 13.1. The quantitative estimate of drug-likeness (QED) is 0.772. The van der Waals surface area contributed by atoms with Crippen molar-refractivity contribution in [3.63, 3.8) is 0 Å². The maximum Gasteiger partial charge on any atom is 0.243 e. The van der Waals surface area contributed by atoms with Gasteiger partial charge in [-0.3, -0.25) is 4.79 Å². The smallest absolute Gasteiger partial charge is 0.243 e. The summed E-state index contributed by atoms with van der Waals surface area (Å²) in [6.07, 6.45) is 7.72. The molecule has 1 amide bonds. The molecule has 1 unspecified atom stereocenters. The first-order valence-electron chi connectivity index (χ1n) is 9.78. The van der Waals surface area contributed by atoms with Crippen LogP contribution in [0, 0.1) is 5.92 Å². The van der Waals surface area contributed by atoms with Crippen LogP contribution < -0.4 is 5.32 Å². The van der Waals surface area contributed by atoms with E-state index in [1.807, 2.05) is 0 Å². The Bertz CT molecular complexity index is 921. The van der Waals surface area contributed by atoms with E-state index in [4.69, 9.17) is 0 Å². The molecule has 1 atom stereocenters. The van der Waals surface area contributed by atoms with Crippen molar-refractivity contribution in [1.29, 1.82) is 0 Å². The number of carbonyl (C=O) groups is 1. The van der Waals surface area contributed by atoms with Crippen LogP contribution in [-0.4, -0.2) is 52.4 Å². The minimum atomic E-state index is -3.86. The Morgan fingerprint density at radius 3 is 2.36 bits per heavy atom. The van der Waals surface area contributed by atoms with Crippen LogP contribution in [0.3, 0.4) is 0 Å². The highest BCUT2D eigenvalue weighted by Gasteiger charge is 2.34. The van der Waals surface area contributed by atoms with Crippen LogP contribution in [0.1, 0.15) is 44.9 Å². The van der Waals surface area contributed by atoms with E-state index in [9.17, 15) is 21.6 Å². The number of sulfonamides is 1. The first-order chi connectivity index (χ1) is 13.2.